The van der Waals surface area contributed by atoms with Gasteiger partial charge in [0.2, 0.25) is 0 Å². The number of aromatic nitrogens is 1. The minimum Gasteiger partial charge on any atom is -0.506 e. The summed E-state index contributed by atoms with van der Waals surface area (Å²) in [6, 6.07) is 10.9. The number of nitroso groups, excluding NO2 is 1. The number of nitrogens with zero attached hydrogens (tertiary/aromatic N) is 1. The second kappa shape index (κ2) is 6.61. The number of thiophene rings is 1. The van der Waals surface area contributed by atoms with Gasteiger partial charge in [-0.3, -0.25) is 4.79 Å². The van der Waals surface area contributed by atoms with Crippen molar-refractivity contribution in [3.05, 3.63) is 62.6 Å². The summed E-state index contributed by atoms with van der Waals surface area (Å²) in [5, 5.41) is 16.6. The first kappa shape index (κ1) is 17.4. The number of hydrogen-bond acceptors (Lipinski definition) is 6. The fraction of sp³-hybridized carbons (Fsp3) is 0.150. The highest BCUT2D eigenvalue weighted by atomic mass is 32.1. The van der Waals surface area contributed by atoms with E-state index in [9.17, 15) is 14.8 Å². The van der Waals surface area contributed by atoms with Gasteiger partial charge in [0, 0.05) is 28.4 Å². The number of phenols is 1. The van der Waals surface area contributed by atoms with Gasteiger partial charge in [0.25, 0.3) is 5.56 Å². The molecule has 0 radical (unpaired) electrons. The average molecular weight is 379 g/mol. The van der Waals surface area contributed by atoms with Crippen LogP contribution >= 0.6 is 11.3 Å². The molecule has 27 heavy (non-hydrogen) atoms. The first-order chi connectivity index (χ1) is 13.0. The van der Waals surface area contributed by atoms with Crippen molar-refractivity contribution in [2.24, 2.45) is 10.9 Å². The van der Waals surface area contributed by atoms with Gasteiger partial charge in [-0.2, -0.15) is 0 Å². The van der Waals surface area contributed by atoms with Crippen molar-refractivity contribution in [3.63, 3.8) is 0 Å². The van der Waals surface area contributed by atoms with Gasteiger partial charge in [0.15, 0.2) is 0 Å². The van der Waals surface area contributed by atoms with E-state index in [1.165, 1.54) is 17.4 Å². The summed E-state index contributed by atoms with van der Waals surface area (Å²) < 4.78 is 0.541. The lowest BCUT2D eigenvalue weighted by Gasteiger charge is -2.13. The molecule has 0 aliphatic rings. The van der Waals surface area contributed by atoms with Crippen LogP contribution < -0.4 is 11.3 Å². The first-order valence-electron chi connectivity index (χ1n) is 8.47. The zero-order valence-corrected chi connectivity index (χ0v) is 15.3. The van der Waals surface area contributed by atoms with Crippen molar-refractivity contribution in [3.8, 4) is 16.9 Å². The molecule has 0 bridgehead atoms. The molecule has 7 heteroatoms. The van der Waals surface area contributed by atoms with Crippen LogP contribution in [0.3, 0.4) is 0 Å². The van der Waals surface area contributed by atoms with Crippen molar-refractivity contribution in [1.82, 2.24) is 4.98 Å². The van der Waals surface area contributed by atoms with Gasteiger partial charge in [0.05, 0.1) is 5.52 Å². The minimum absolute atomic E-state index is 0.0491. The number of fused-ring (bicyclic) bond motifs is 3. The van der Waals surface area contributed by atoms with Gasteiger partial charge in [-0.25, -0.2) is 0 Å². The van der Waals surface area contributed by atoms with Crippen molar-refractivity contribution in [1.29, 1.82) is 0 Å². The zero-order valence-electron chi connectivity index (χ0n) is 14.5. The van der Waals surface area contributed by atoms with Crippen LogP contribution in [0.15, 0.2) is 51.7 Å². The van der Waals surface area contributed by atoms with Crippen molar-refractivity contribution >= 4 is 38.0 Å². The summed E-state index contributed by atoms with van der Waals surface area (Å²) in [5.74, 6) is -0.179. The number of pyridine rings is 1. The van der Waals surface area contributed by atoms with E-state index in [1.54, 1.807) is 0 Å². The normalized spacial score (nSPS) is 12.5. The summed E-state index contributed by atoms with van der Waals surface area (Å²) >= 11 is 1.31. The molecule has 4 N–H and O–H groups in total. The SMILES string of the molecule is CC(N)Cc1ccc(-c2c(N=O)cc(O)c3[nH]c(=O)c4sccc4c23)cc1. The van der Waals surface area contributed by atoms with E-state index < -0.39 is 0 Å². The Morgan fingerprint density at radius 2 is 2.00 bits per heavy atom. The number of hydrogen-bond donors (Lipinski definition) is 3. The van der Waals surface area contributed by atoms with Crippen LogP contribution in [0, 0.1) is 4.91 Å². The Balaban J connectivity index is 2.07. The van der Waals surface area contributed by atoms with Crippen molar-refractivity contribution < 1.29 is 5.11 Å². The summed E-state index contributed by atoms with van der Waals surface area (Å²) in [6.07, 6.45) is 0.748. The Morgan fingerprint density at radius 1 is 1.26 bits per heavy atom. The standard InChI is InChI=1S/C20H17N3O3S/c1-10(21)8-11-2-4-12(5-3-11)16-14(23-26)9-15(24)18-17(16)13-6-7-27-19(13)20(25)22-18/h2-7,9-10,24H,8,21H2,1H3,(H,22,25). The number of phenolic OH excluding ortho intramolecular Hbond substituents is 1. The third kappa shape index (κ3) is 2.90. The third-order valence-corrected chi connectivity index (χ3v) is 5.48. The Morgan fingerprint density at radius 3 is 2.67 bits per heavy atom. The molecule has 136 valence electrons. The summed E-state index contributed by atoms with van der Waals surface area (Å²) in [6.45, 7) is 1.94. The van der Waals surface area contributed by atoms with E-state index in [0.717, 1.165) is 17.5 Å². The lowest BCUT2D eigenvalue weighted by molar-refractivity contribution is 0.480. The molecular formula is C20H17N3O3S. The Labute approximate surface area is 158 Å². The summed E-state index contributed by atoms with van der Waals surface area (Å²) in [4.78, 5) is 26.5. The largest absolute Gasteiger partial charge is 0.506 e. The van der Waals surface area contributed by atoms with Gasteiger partial charge < -0.3 is 15.8 Å². The zero-order chi connectivity index (χ0) is 19.1. The van der Waals surface area contributed by atoms with Gasteiger partial charge in [0.1, 0.15) is 16.1 Å². The molecule has 4 rings (SSSR count). The van der Waals surface area contributed by atoms with E-state index in [1.807, 2.05) is 42.6 Å². The molecule has 6 nitrogen and oxygen atoms in total. The minimum atomic E-state index is -0.271. The predicted octanol–water partition coefficient (Wildman–Crippen LogP) is 4.40. The fourth-order valence-corrected chi connectivity index (χ4v) is 4.24. The van der Waals surface area contributed by atoms with Gasteiger partial charge in [-0.1, -0.05) is 24.3 Å². The Hall–Kier alpha value is -3.03. The molecule has 0 saturated heterocycles. The number of rotatable bonds is 4. The maximum Gasteiger partial charge on any atom is 0.266 e. The molecule has 2 heterocycles. The topological polar surface area (TPSA) is 109 Å². The Bertz CT molecular complexity index is 1220. The van der Waals surface area contributed by atoms with Gasteiger partial charge in [-0.05, 0) is 41.1 Å². The van der Waals surface area contributed by atoms with E-state index >= 15 is 0 Å². The molecular weight excluding hydrogens is 362 g/mol. The van der Waals surface area contributed by atoms with Crippen LogP contribution in [0.4, 0.5) is 5.69 Å². The van der Waals surface area contributed by atoms with Crippen LogP contribution in [0.2, 0.25) is 0 Å². The van der Waals surface area contributed by atoms with Crippen molar-refractivity contribution in [2.45, 2.75) is 19.4 Å². The molecule has 1 unspecified atom stereocenters. The number of nitrogens with one attached hydrogen (secondary N) is 1. The molecule has 0 aliphatic heterocycles. The maximum absolute atomic E-state index is 12.3. The second-order valence-corrected chi connectivity index (χ2v) is 7.54. The number of nitrogens with two attached hydrogens (primary N) is 1. The monoisotopic (exact) mass is 379 g/mol. The smallest absolute Gasteiger partial charge is 0.266 e. The lowest BCUT2D eigenvalue weighted by Crippen LogP contribution is -2.17. The van der Waals surface area contributed by atoms with Gasteiger partial charge in [-0.15, -0.1) is 16.2 Å². The molecule has 0 aliphatic carbocycles. The van der Waals surface area contributed by atoms with Crippen LogP contribution in [0.25, 0.3) is 32.1 Å². The number of aromatic amines is 1. The number of H-pyrrole nitrogens is 1. The molecule has 2 aromatic heterocycles. The first-order valence-corrected chi connectivity index (χ1v) is 9.35. The molecule has 0 saturated carbocycles. The molecule has 0 fully saturated rings. The maximum atomic E-state index is 12.3. The van der Waals surface area contributed by atoms with E-state index in [4.69, 9.17) is 5.73 Å². The van der Waals surface area contributed by atoms with Crippen molar-refractivity contribution in [2.75, 3.05) is 0 Å². The predicted molar refractivity (Wildman–Crippen MR) is 110 cm³/mol. The highest BCUT2D eigenvalue weighted by Crippen LogP contribution is 2.43. The van der Waals surface area contributed by atoms with E-state index in [2.05, 4.69) is 10.2 Å². The van der Waals surface area contributed by atoms with Crippen LogP contribution in [0.1, 0.15) is 12.5 Å². The molecule has 2 aromatic carbocycles. The Kier molecular flexibility index (Phi) is 4.25. The number of benzene rings is 2. The highest BCUT2D eigenvalue weighted by Gasteiger charge is 2.19. The molecule has 1 atom stereocenters. The summed E-state index contributed by atoms with van der Waals surface area (Å²) in [7, 11) is 0. The lowest BCUT2D eigenvalue weighted by atomic mass is 9.94. The average Bonchev–Trinajstić information content (AvgIpc) is 3.13. The second-order valence-electron chi connectivity index (χ2n) is 6.63. The molecule has 4 aromatic rings. The summed E-state index contributed by atoms with van der Waals surface area (Å²) in [5.41, 5.74) is 8.47. The van der Waals surface area contributed by atoms with E-state index in [0.29, 0.717) is 26.6 Å². The van der Waals surface area contributed by atoms with Crippen LogP contribution in [-0.2, 0) is 6.42 Å². The van der Waals surface area contributed by atoms with E-state index in [-0.39, 0.29) is 23.0 Å². The molecule has 0 amide bonds. The van der Waals surface area contributed by atoms with Gasteiger partial charge >= 0.3 is 0 Å². The van der Waals surface area contributed by atoms with Crippen LogP contribution in [0.5, 0.6) is 5.75 Å². The highest BCUT2D eigenvalue weighted by molar-refractivity contribution is 7.17. The van der Waals surface area contributed by atoms with Crippen LogP contribution in [-0.4, -0.2) is 16.1 Å². The molecule has 0 spiro atoms. The third-order valence-electron chi connectivity index (χ3n) is 4.56. The fourth-order valence-electron chi connectivity index (χ4n) is 3.45. The number of aromatic hydroxyl groups is 1. The quantitative estimate of drug-likeness (QED) is 0.457.